The summed E-state index contributed by atoms with van der Waals surface area (Å²) >= 11 is 0. The minimum Gasteiger partial charge on any atom is -0.343 e. The van der Waals surface area contributed by atoms with Crippen LogP contribution in [0.15, 0.2) is 0 Å². The van der Waals surface area contributed by atoms with Gasteiger partial charge in [-0.2, -0.15) is 0 Å². The van der Waals surface area contributed by atoms with Gasteiger partial charge in [-0.05, 0) is 19.3 Å². The van der Waals surface area contributed by atoms with E-state index in [9.17, 15) is 14.4 Å². The standard InChI is InChI=1S/C12H21N3O3/c1-7(2)5-8(3)15(4)10(16)6-9-11(17)14-12(18)13-9/h7-9H,5-6H2,1-4H3,(H2,13,14,17,18)/t8-,9+/m0/s1. The molecule has 6 heteroatoms. The van der Waals surface area contributed by atoms with Gasteiger partial charge >= 0.3 is 6.03 Å². The van der Waals surface area contributed by atoms with E-state index in [1.165, 1.54) is 0 Å². The second kappa shape index (κ2) is 5.84. The number of hydrogen-bond donors (Lipinski definition) is 2. The van der Waals surface area contributed by atoms with Crippen molar-refractivity contribution < 1.29 is 14.4 Å². The molecule has 1 aliphatic heterocycles. The Hall–Kier alpha value is -1.59. The summed E-state index contributed by atoms with van der Waals surface area (Å²) in [6.07, 6.45) is 0.919. The maximum atomic E-state index is 12.0. The van der Waals surface area contributed by atoms with Gasteiger partial charge in [-0.15, -0.1) is 0 Å². The number of carbonyl (C=O) groups is 3. The molecule has 0 aliphatic carbocycles. The molecule has 0 spiro atoms. The highest BCUT2D eigenvalue weighted by molar-refractivity contribution is 6.05. The Morgan fingerprint density at radius 1 is 1.33 bits per heavy atom. The van der Waals surface area contributed by atoms with E-state index in [0.29, 0.717) is 5.92 Å². The summed E-state index contributed by atoms with van der Waals surface area (Å²) < 4.78 is 0. The number of rotatable bonds is 5. The summed E-state index contributed by atoms with van der Waals surface area (Å²) in [5, 5.41) is 4.53. The zero-order chi connectivity index (χ0) is 13.9. The lowest BCUT2D eigenvalue weighted by atomic mass is 10.0. The topological polar surface area (TPSA) is 78.5 Å². The number of urea groups is 1. The van der Waals surface area contributed by atoms with Gasteiger partial charge in [0.15, 0.2) is 0 Å². The Morgan fingerprint density at radius 3 is 2.39 bits per heavy atom. The molecule has 102 valence electrons. The van der Waals surface area contributed by atoms with Crippen molar-refractivity contribution in [2.75, 3.05) is 7.05 Å². The fourth-order valence-electron chi connectivity index (χ4n) is 2.01. The fourth-order valence-corrected chi connectivity index (χ4v) is 2.01. The van der Waals surface area contributed by atoms with Crippen LogP contribution in [0.3, 0.4) is 0 Å². The Bertz CT molecular complexity index is 354. The van der Waals surface area contributed by atoms with Crippen LogP contribution in [-0.4, -0.2) is 41.9 Å². The minimum absolute atomic E-state index is 0.0104. The van der Waals surface area contributed by atoms with Crippen molar-refractivity contribution in [3.05, 3.63) is 0 Å². The highest BCUT2D eigenvalue weighted by Gasteiger charge is 2.32. The van der Waals surface area contributed by atoms with E-state index in [4.69, 9.17) is 0 Å². The van der Waals surface area contributed by atoms with Crippen molar-refractivity contribution in [1.29, 1.82) is 0 Å². The Labute approximate surface area is 107 Å². The molecule has 1 aliphatic rings. The third-order valence-corrected chi connectivity index (χ3v) is 3.10. The zero-order valence-corrected chi connectivity index (χ0v) is 11.3. The van der Waals surface area contributed by atoms with Gasteiger partial charge < -0.3 is 10.2 Å². The van der Waals surface area contributed by atoms with Crippen LogP contribution in [-0.2, 0) is 9.59 Å². The molecule has 0 aromatic heterocycles. The maximum Gasteiger partial charge on any atom is 0.322 e. The summed E-state index contributed by atoms with van der Waals surface area (Å²) in [4.78, 5) is 35.9. The summed E-state index contributed by atoms with van der Waals surface area (Å²) in [6, 6.07) is -1.15. The Balaban J connectivity index is 2.49. The molecular formula is C12H21N3O3. The highest BCUT2D eigenvalue weighted by Crippen LogP contribution is 2.12. The van der Waals surface area contributed by atoms with Gasteiger partial charge in [0.05, 0.1) is 6.42 Å². The van der Waals surface area contributed by atoms with Crippen LogP contribution >= 0.6 is 0 Å². The van der Waals surface area contributed by atoms with Gasteiger partial charge in [0.25, 0.3) is 5.91 Å². The maximum absolute atomic E-state index is 12.0. The molecule has 1 heterocycles. The van der Waals surface area contributed by atoms with Crippen molar-refractivity contribution in [1.82, 2.24) is 15.5 Å². The first-order valence-corrected chi connectivity index (χ1v) is 6.18. The van der Waals surface area contributed by atoms with Gasteiger partial charge in [0, 0.05) is 13.1 Å². The molecule has 18 heavy (non-hydrogen) atoms. The van der Waals surface area contributed by atoms with Crippen molar-refractivity contribution in [2.24, 2.45) is 5.92 Å². The van der Waals surface area contributed by atoms with Gasteiger partial charge in [0.2, 0.25) is 5.91 Å². The predicted molar refractivity (Wildman–Crippen MR) is 66.8 cm³/mol. The lowest BCUT2D eigenvalue weighted by Crippen LogP contribution is -2.41. The molecule has 0 bridgehead atoms. The van der Waals surface area contributed by atoms with Gasteiger partial charge in [0.1, 0.15) is 6.04 Å². The molecule has 2 atom stereocenters. The molecule has 4 amide bonds. The number of carbonyl (C=O) groups excluding carboxylic acids is 3. The SMILES string of the molecule is CC(C)C[C@H](C)N(C)C(=O)C[C@H]1NC(=O)NC1=O. The van der Waals surface area contributed by atoms with Crippen LogP contribution in [0.25, 0.3) is 0 Å². The Morgan fingerprint density at radius 2 is 1.94 bits per heavy atom. The lowest BCUT2D eigenvalue weighted by Gasteiger charge is -2.27. The van der Waals surface area contributed by atoms with E-state index < -0.39 is 18.0 Å². The average Bonchev–Trinajstić information content (AvgIpc) is 2.55. The summed E-state index contributed by atoms with van der Waals surface area (Å²) in [7, 11) is 1.73. The largest absolute Gasteiger partial charge is 0.343 e. The first-order valence-electron chi connectivity index (χ1n) is 6.18. The monoisotopic (exact) mass is 255 g/mol. The van der Waals surface area contributed by atoms with Crippen molar-refractivity contribution in [2.45, 2.75) is 45.7 Å². The summed E-state index contributed by atoms with van der Waals surface area (Å²) in [5.74, 6) is -0.0616. The molecule has 0 radical (unpaired) electrons. The minimum atomic E-state index is -0.737. The van der Waals surface area contributed by atoms with E-state index in [0.717, 1.165) is 6.42 Å². The van der Waals surface area contributed by atoms with Gasteiger partial charge in [-0.1, -0.05) is 13.8 Å². The second-order valence-electron chi connectivity index (χ2n) is 5.20. The van der Waals surface area contributed by atoms with E-state index in [2.05, 4.69) is 24.5 Å². The van der Waals surface area contributed by atoms with E-state index in [1.807, 2.05) is 6.92 Å². The second-order valence-corrected chi connectivity index (χ2v) is 5.20. The third kappa shape index (κ3) is 3.72. The van der Waals surface area contributed by atoms with Gasteiger partial charge in [-0.25, -0.2) is 4.79 Å². The summed E-state index contributed by atoms with van der Waals surface area (Å²) in [5.41, 5.74) is 0. The predicted octanol–water partition coefficient (Wildman–Crippen LogP) is 0.477. The summed E-state index contributed by atoms with van der Waals surface area (Å²) in [6.45, 7) is 6.17. The number of imide groups is 1. The van der Waals surface area contributed by atoms with Crippen molar-refractivity contribution >= 4 is 17.8 Å². The number of nitrogens with zero attached hydrogens (tertiary/aromatic N) is 1. The zero-order valence-electron chi connectivity index (χ0n) is 11.3. The van der Waals surface area contributed by atoms with E-state index in [1.54, 1.807) is 11.9 Å². The molecule has 0 aromatic rings. The van der Waals surface area contributed by atoms with Crippen molar-refractivity contribution in [3.8, 4) is 0 Å². The van der Waals surface area contributed by atoms with E-state index in [-0.39, 0.29) is 18.4 Å². The molecule has 1 saturated heterocycles. The quantitative estimate of drug-likeness (QED) is 0.701. The normalized spacial score (nSPS) is 20.6. The molecule has 1 rings (SSSR count). The first-order chi connectivity index (χ1) is 8.31. The van der Waals surface area contributed by atoms with Crippen LogP contribution in [0, 0.1) is 5.92 Å². The fraction of sp³-hybridized carbons (Fsp3) is 0.750. The molecule has 1 fully saturated rings. The average molecular weight is 255 g/mol. The Kier molecular flexibility index (Phi) is 4.69. The molecule has 2 N–H and O–H groups in total. The number of hydrogen-bond acceptors (Lipinski definition) is 3. The van der Waals surface area contributed by atoms with E-state index >= 15 is 0 Å². The molecule has 0 unspecified atom stereocenters. The molecule has 0 aromatic carbocycles. The first kappa shape index (κ1) is 14.5. The number of amides is 4. The van der Waals surface area contributed by atoms with Crippen LogP contribution in [0.4, 0.5) is 4.79 Å². The smallest absolute Gasteiger partial charge is 0.322 e. The molecule has 0 saturated carbocycles. The molecular weight excluding hydrogens is 234 g/mol. The highest BCUT2D eigenvalue weighted by atomic mass is 16.2. The van der Waals surface area contributed by atoms with Crippen LogP contribution in [0.2, 0.25) is 0 Å². The third-order valence-electron chi connectivity index (χ3n) is 3.10. The molecule has 6 nitrogen and oxygen atoms in total. The number of nitrogens with one attached hydrogen (secondary N) is 2. The van der Waals surface area contributed by atoms with Gasteiger partial charge in [-0.3, -0.25) is 14.9 Å². The van der Waals surface area contributed by atoms with Crippen LogP contribution in [0.5, 0.6) is 0 Å². The van der Waals surface area contributed by atoms with Crippen LogP contribution in [0.1, 0.15) is 33.6 Å². The van der Waals surface area contributed by atoms with Crippen LogP contribution < -0.4 is 10.6 Å². The lowest BCUT2D eigenvalue weighted by molar-refractivity contribution is -0.134. The van der Waals surface area contributed by atoms with Crippen molar-refractivity contribution in [3.63, 3.8) is 0 Å².